The number of rotatable bonds is 16. The molecule has 0 spiro atoms. The van der Waals surface area contributed by atoms with E-state index in [1.165, 1.54) is 84.1 Å². The summed E-state index contributed by atoms with van der Waals surface area (Å²) < 4.78 is 0. The Morgan fingerprint density at radius 2 is 1.56 bits per heavy atom. The van der Waals surface area contributed by atoms with Crippen molar-refractivity contribution in [1.29, 1.82) is 0 Å². The molecule has 0 aromatic rings. The molecule has 4 rings (SSSR count). The Bertz CT molecular complexity index is 1000. The number of carbonyl (C=O) groups excluding carboxylic acids is 2. The van der Waals surface area contributed by atoms with Gasteiger partial charge in [0.1, 0.15) is 6.04 Å². The lowest BCUT2D eigenvalue weighted by atomic mass is 9.44. The van der Waals surface area contributed by atoms with Gasteiger partial charge in [-0.05, 0) is 136 Å². The van der Waals surface area contributed by atoms with Crippen LogP contribution in [0.25, 0.3) is 0 Å². The number of aliphatic carboxylic acids is 1. The zero-order chi connectivity index (χ0) is 32.8. The Morgan fingerprint density at radius 3 is 2.27 bits per heavy atom. The number of carboxylic acids is 1. The van der Waals surface area contributed by atoms with E-state index in [4.69, 9.17) is 5.11 Å². The van der Waals surface area contributed by atoms with Crippen LogP contribution in [0, 0.1) is 52.3 Å². The standard InChI is InChI=1S/C38H67N3O4/c1-25(2)10-9-11-26(3)30-15-16-31-29-14-13-27-24-28(19-21-37(27,4)32(29)20-22-38(30,31)5)40-23-8-7-12-34(42)41-33(36(45)39-6)17-18-35(43)44/h25-33,40H,7-24H2,1-6H3,(H,39,45)(H,41,42)(H,43,44)/t26-,27+,28?,29+,30?,31+,32?,33+,37?,38?/m1/s1. The van der Waals surface area contributed by atoms with Crippen LogP contribution in [-0.4, -0.2) is 48.6 Å². The lowest BCUT2D eigenvalue weighted by Gasteiger charge is -2.61. The predicted molar refractivity (Wildman–Crippen MR) is 182 cm³/mol. The van der Waals surface area contributed by atoms with Crippen LogP contribution in [-0.2, 0) is 14.4 Å². The van der Waals surface area contributed by atoms with Gasteiger partial charge in [-0.1, -0.05) is 53.9 Å². The summed E-state index contributed by atoms with van der Waals surface area (Å²) in [5.41, 5.74) is 1.07. The van der Waals surface area contributed by atoms with Crippen molar-refractivity contribution in [2.24, 2.45) is 52.3 Å². The number of carbonyl (C=O) groups is 3. The quantitative estimate of drug-likeness (QED) is 0.134. The summed E-state index contributed by atoms with van der Waals surface area (Å²) in [5.74, 6) is 4.78. The second kappa shape index (κ2) is 16.0. The van der Waals surface area contributed by atoms with Gasteiger partial charge in [-0.2, -0.15) is 0 Å². The van der Waals surface area contributed by atoms with Crippen molar-refractivity contribution < 1.29 is 19.5 Å². The predicted octanol–water partition coefficient (Wildman–Crippen LogP) is 7.33. The second-order valence-corrected chi connectivity index (χ2v) is 16.7. The van der Waals surface area contributed by atoms with Gasteiger partial charge in [-0.25, -0.2) is 0 Å². The maximum absolute atomic E-state index is 12.4. The number of carboxylic acid groups (broad SMARTS) is 1. The van der Waals surface area contributed by atoms with Crippen molar-refractivity contribution in [2.75, 3.05) is 13.6 Å². The summed E-state index contributed by atoms with van der Waals surface area (Å²) >= 11 is 0. The zero-order valence-corrected chi connectivity index (χ0v) is 29.6. The summed E-state index contributed by atoms with van der Waals surface area (Å²) in [6.07, 6.45) is 18.8. The number of amides is 2. The molecular weight excluding hydrogens is 562 g/mol. The molecule has 0 aromatic carbocycles. The van der Waals surface area contributed by atoms with Gasteiger partial charge in [0.15, 0.2) is 0 Å². The number of unbranched alkanes of at least 4 members (excludes halogenated alkanes) is 1. The molecule has 0 bridgehead atoms. The lowest BCUT2D eigenvalue weighted by Crippen LogP contribution is -2.55. The summed E-state index contributed by atoms with van der Waals surface area (Å²) in [6.45, 7) is 13.6. The molecule has 0 radical (unpaired) electrons. The summed E-state index contributed by atoms with van der Waals surface area (Å²) in [6, 6.07) is -0.210. The molecule has 0 heterocycles. The van der Waals surface area contributed by atoms with Gasteiger partial charge in [0.2, 0.25) is 11.8 Å². The Labute approximate surface area is 274 Å². The van der Waals surface area contributed by atoms with E-state index in [2.05, 4.69) is 50.6 Å². The highest BCUT2D eigenvalue weighted by molar-refractivity contribution is 5.87. The molecule has 7 nitrogen and oxygen atoms in total. The minimum Gasteiger partial charge on any atom is -0.481 e. The molecule has 0 aromatic heterocycles. The molecule has 4 fully saturated rings. The van der Waals surface area contributed by atoms with Crippen molar-refractivity contribution in [2.45, 2.75) is 156 Å². The molecule has 4 saturated carbocycles. The van der Waals surface area contributed by atoms with E-state index in [1.54, 1.807) is 0 Å². The summed E-state index contributed by atoms with van der Waals surface area (Å²) in [7, 11) is 1.50. The highest BCUT2D eigenvalue weighted by atomic mass is 16.4. The number of fused-ring (bicyclic) bond motifs is 5. The summed E-state index contributed by atoms with van der Waals surface area (Å²) in [4.78, 5) is 35.4. The molecular formula is C38H67N3O4. The monoisotopic (exact) mass is 630 g/mol. The molecule has 45 heavy (non-hydrogen) atoms. The van der Waals surface area contributed by atoms with Gasteiger partial charge >= 0.3 is 5.97 Å². The smallest absolute Gasteiger partial charge is 0.303 e. The van der Waals surface area contributed by atoms with Gasteiger partial charge in [0, 0.05) is 25.9 Å². The normalized spacial score (nSPS) is 35.5. The number of likely N-dealkylation sites (N-methyl/N-ethyl adjacent to an activating group) is 1. The molecule has 7 heteroatoms. The lowest BCUT2D eigenvalue weighted by molar-refractivity contribution is -0.138. The van der Waals surface area contributed by atoms with Crippen molar-refractivity contribution in [1.82, 2.24) is 16.0 Å². The van der Waals surface area contributed by atoms with E-state index in [1.807, 2.05) is 0 Å². The molecule has 2 amide bonds. The van der Waals surface area contributed by atoms with Crippen LogP contribution in [0.3, 0.4) is 0 Å². The van der Waals surface area contributed by atoms with Crippen LogP contribution < -0.4 is 16.0 Å². The van der Waals surface area contributed by atoms with E-state index in [-0.39, 0.29) is 24.7 Å². The molecule has 4 aliphatic rings. The SMILES string of the molecule is CNC(=O)[C@H](CCC(=O)O)NC(=O)CCCCNC1CCC2(C)C3CCC4(C)C([C@H](C)CCCC(C)C)CC[C@H]4[C@@H]3CC[C@H]2C1. The first-order valence-electron chi connectivity index (χ1n) is 18.8. The Balaban J connectivity index is 1.20. The van der Waals surface area contributed by atoms with Crippen molar-refractivity contribution in [3.8, 4) is 0 Å². The Kier molecular flexibility index (Phi) is 12.9. The van der Waals surface area contributed by atoms with Gasteiger partial charge in [0.05, 0.1) is 0 Å². The van der Waals surface area contributed by atoms with E-state index < -0.39 is 12.0 Å². The molecule has 4 aliphatic carbocycles. The van der Waals surface area contributed by atoms with E-state index >= 15 is 0 Å². The van der Waals surface area contributed by atoms with Crippen molar-refractivity contribution in [3.63, 3.8) is 0 Å². The van der Waals surface area contributed by atoms with Crippen LogP contribution in [0.4, 0.5) is 0 Å². The fraction of sp³-hybridized carbons (Fsp3) is 0.921. The van der Waals surface area contributed by atoms with E-state index in [0.717, 1.165) is 60.8 Å². The number of hydrogen-bond acceptors (Lipinski definition) is 4. The van der Waals surface area contributed by atoms with Gasteiger partial charge in [0.25, 0.3) is 0 Å². The molecule has 258 valence electrons. The van der Waals surface area contributed by atoms with Crippen LogP contribution in [0.1, 0.15) is 144 Å². The fourth-order valence-electron chi connectivity index (χ4n) is 11.2. The van der Waals surface area contributed by atoms with Gasteiger partial charge in [-0.15, -0.1) is 0 Å². The van der Waals surface area contributed by atoms with Crippen molar-refractivity contribution >= 4 is 17.8 Å². The van der Waals surface area contributed by atoms with E-state index in [9.17, 15) is 14.4 Å². The molecule has 5 unspecified atom stereocenters. The van der Waals surface area contributed by atoms with Crippen LogP contribution in [0.5, 0.6) is 0 Å². The first-order valence-corrected chi connectivity index (χ1v) is 18.8. The molecule has 10 atom stereocenters. The van der Waals surface area contributed by atoms with Crippen molar-refractivity contribution in [3.05, 3.63) is 0 Å². The topological polar surface area (TPSA) is 108 Å². The van der Waals surface area contributed by atoms with Crippen LogP contribution in [0.15, 0.2) is 0 Å². The third-order valence-electron chi connectivity index (χ3n) is 13.7. The average molecular weight is 630 g/mol. The highest BCUT2D eigenvalue weighted by Crippen LogP contribution is 2.68. The largest absolute Gasteiger partial charge is 0.481 e. The first kappa shape index (κ1) is 36.2. The van der Waals surface area contributed by atoms with E-state index in [0.29, 0.717) is 23.3 Å². The van der Waals surface area contributed by atoms with Crippen LogP contribution >= 0.6 is 0 Å². The molecule has 4 N–H and O–H groups in total. The summed E-state index contributed by atoms with van der Waals surface area (Å²) in [5, 5.41) is 18.0. The second-order valence-electron chi connectivity index (χ2n) is 16.7. The Morgan fingerprint density at radius 1 is 0.822 bits per heavy atom. The minimum atomic E-state index is -0.970. The first-order chi connectivity index (χ1) is 21.4. The fourth-order valence-corrected chi connectivity index (χ4v) is 11.2. The third kappa shape index (κ3) is 8.65. The minimum absolute atomic E-state index is 0.101. The van der Waals surface area contributed by atoms with Crippen LogP contribution in [0.2, 0.25) is 0 Å². The number of nitrogens with one attached hydrogen (secondary N) is 3. The van der Waals surface area contributed by atoms with Gasteiger partial charge in [-0.3, -0.25) is 14.4 Å². The third-order valence-corrected chi connectivity index (χ3v) is 13.7. The zero-order valence-electron chi connectivity index (χ0n) is 29.6. The highest BCUT2D eigenvalue weighted by Gasteiger charge is 2.60. The maximum atomic E-state index is 12.4. The molecule has 0 saturated heterocycles. The Hall–Kier alpha value is -1.63. The maximum Gasteiger partial charge on any atom is 0.303 e. The molecule has 0 aliphatic heterocycles. The average Bonchev–Trinajstić information content (AvgIpc) is 3.35. The van der Waals surface area contributed by atoms with Gasteiger partial charge < -0.3 is 21.1 Å². The number of hydrogen-bond donors (Lipinski definition) is 4.